The van der Waals surface area contributed by atoms with Gasteiger partial charge in [-0.05, 0) is 6.92 Å². The summed E-state index contributed by atoms with van der Waals surface area (Å²) in [4.78, 5) is 8.44. The number of ether oxygens (including phenoxy) is 1. The van der Waals surface area contributed by atoms with Gasteiger partial charge in [-0.3, -0.25) is 0 Å². The van der Waals surface area contributed by atoms with Crippen LogP contribution >= 0.6 is 11.6 Å². The van der Waals surface area contributed by atoms with Gasteiger partial charge in [0.1, 0.15) is 17.5 Å². The maximum atomic E-state index is 5.94. The van der Waals surface area contributed by atoms with E-state index in [9.17, 15) is 0 Å². The summed E-state index contributed by atoms with van der Waals surface area (Å²) in [5, 5.41) is 8.02. The predicted octanol–water partition coefficient (Wildman–Crippen LogP) is 1.46. The molecule has 2 heterocycles. The fourth-order valence-corrected chi connectivity index (χ4v) is 1.58. The van der Waals surface area contributed by atoms with Crippen molar-refractivity contribution in [2.45, 2.75) is 13.5 Å². The average molecular weight is 254 g/mol. The van der Waals surface area contributed by atoms with E-state index < -0.39 is 0 Å². The predicted molar refractivity (Wildman–Crippen MR) is 62.4 cm³/mol. The highest BCUT2D eigenvalue weighted by atomic mass is 35.5. The average Bonchev–Trinajstić information content (AvgIpc) is 2.72. The molecule has 2 aromatic rings. The smallest absolute Gasteiger partial charge is 0.156 e. The van der Waals surface area contributed by atoms with Crippen LogP contribution < -0.4 is 0 Å². The molecule has 0 radical (unpaired) electrons. The first-order valence-electron chi connectivity index (χ1n) is 5.17. The quantitative estimate of drug-likeness (QED) is 0.772. The van der Waals surface area contributed by atoms with Crippen molar-refractivity contribution in [3.63, 3.8) is 0 Å². The first-order valence-corrected chi connectivity index (χ1v) is 5.54. The lowest BCUT2D eigenvalue weighted by Crippen LogP contribution is -2.02. The molecule has 0 aliphatic carbocycles. The van der Waals surface area contributed by atoms with Gasteiger partial charge in [-0.15, -0.1) is 5.10 Å². The molecule has 0 aromatic carbocycles. The first kappa shape index (κ1) is 11.9. The van der Waals surface area contributed by atoms with Crippen LogP contribution in [0.15, 0.2) is 12.3 Å². The zero-order chi connectivity index (χ0) is 12.3. The number of halogens is 1. The lowest BCUT2D eigenvalue weighted by atomic mass is 10.3. The van der Waals surface area contributed by atoms with Crippen molar-refractivity contribution in [1.29, 1.82) is 0 Å². The van der Waals surface area contributed by atoms with E-state index in [-0.39, 0.29) is 0 Å². The van der Waals surface area contributed by atoms with E-state index in [1.807, 2.05) is 6.92 Å². The van der Waals surface area contributed by atoms with E-state index in [1.165, 1.54) is 0 Å². The Morgan fingerprint density at radius 3 is 2.88 bits per heavy atom. The van der Waals surface area contributed by atoms with E-state index >= 15 is 0 Å². The van der Waals surface area contributed by atoms with Crippen LogP contribution in [-0.4, -0.2) is 31.6 Å². The van der Waals surface area contributed by atoms with Crippen molar-refractivity contribution in [3.8, 4) is 11.4 Å². The van der Waals surface area contributed by atoms with Gasteiger partial charge in [0.15, 0.2) is 5.82 Å². The number of nitrogens with zero attached hydrogens (tertiary/aromatic N) is 5. The van der Waals surface area contributed by atoms with Gasteiger partial charge >= 0.3 is 0 Å². The van der Waals surface area contributed by atoms with Crippen LogP contribution in [0.2, 0.25) is 5.15 Å². The summed E-state index contributed by atoms with van der Waals surface area (Å²) in [5.41, 5.74) is 1.47. The Labute approximate surface area is 104 Å². The molecule has 0 bridgehead atoms. The molecule has 90 valence electrons. The lowest BCUT2D eigenvalue weighted by Gasteiger charge is -2.04. The molecule has 6 nitrogen and oxygen atoms in total. The molecule has 17 heavy (non-hydrogen) atoms. The molecule has 2 rings (SSSR count). The maximum absolute atomic E-state index is 5.94. The second-order valence-electron chi connectivity index (χ2n) is 3.37. The summed E-state index contributed by atoms with van der Waals surface area (Å²) < 4.78 is 6.88. The topological polar surface area (TPSA) is 65.7 Å². The zero-order valence-electron chi connectivity index (χ0n) is 9.59. The summed E-state index contributed by atoms with van der Waals surface area (Å²) in [6.07, 6.45) is 1.63. The fourth-order valence-electron chi connectivity index (χ4n) is 1.38. The van der Waals surface area contributed by atoms with E-state index in [0.717, 1.165) is 5.69 Å². The Bertz CT molecular complexity index is 513. The molecule has 0 fully saturated rings. The van der Waals surface area contributed by atoms with Crippen molar-refractivity contribution >= 4 is 11.6 Å². The van der Waals surface area contributed by atoms with Crippen molar-refractivity contribution < 1.29 is 4.74 Å². The van der Waals surface area contributed by atoms with Gasteiger partial charge in [0, 0.05) is 19.7 Å². The van der Waals surface area contributed by atoms with Gasteiger partial charge < -0.3 is 4.74 Å². The van der Waals surface area contributed by atoms with E-state index in [0.29, 0.717) is 29.9 Å². The van der Waals surface area contributed by atoms with Crippen molar-refractivity contribution in [2.24, 2.45) is 7.05 Å². The Morgan fingerprint density at radius 1 is 1.41 bits per heavy atom. The third kappa shape index (κ3) is 2.78. The first-order chi connectivity index (χ1) is 8.20. The Balaban J connectivity index is 2.35. The number of hydrogen-bond donors (Lipinski definition) is 0. The van der Waals surface area contributed by atoms with Crippen LogP contribution in [0.1, 0.15) is 12.7 Å². The van der Waals surface area contributed by atoms with Gasteiger partial charge in [0.2, 0.25) is 0 Å². The van der Waals surface area contributed by atoms with Crippen LogP contribution in [0.3, 0.4) is 0 Å². The highest BCUT2D eigenvalue weighted by Gasteiger charge is 2.09. The normalized spacial score (nSPS) is 10.8. The number of aryl methyl sites for hydroxylation is 1. The highest BCUT2D eigenvalue weighted by Crippen LogP contribution is 2.18. The molecule has 0 unspecified atom stereocenters. The van der Waals surface area contributed by atoms with E-state index in [4.69, 9.17) is 16.3 Å². The molecule has 0 saturated heterocycles. The summed E-state index contributed by atoms with van der Waals surface area (Å²) in [7, 11) is 1.79. The second-order valence-corrected chi connectivity index (χ2v) is 3.76. The molecule has 0 spiro atoms. The van der Waals surface area contributed by atoms with Crippen LogP contribution in [0.4, 0.5) is 0 Å². The third-order valence-electron chi connectivity index (χ3n) is 2.15. The molecular formula is C10H12ClN5O. The SMILES string of the molecule is CCOCc1nc(Cl)cc(-c2cnnn2C)n1. The molecule has 0 saturated carbocycles. The van der Waals surface area contributed by atoms with Crippen LogP contribution in [0, 0.1) is 0 Å². The molecule has 0 aliphatic heterocycles. The minimum Gasteiger partial charge on any atom is -0.374 e. The molecule has 2 aromatic heterocycles. The van der Waals surface area contributed by atoms with Crippen LogP contribution in [0.5, 0.6) is 0 Å². The minimum atomic E-state index is 0.343. The van der Waals surface area contributed by atoms with Gasteiger partial charge in [0.05, 0.1) is 11.9 Å². The Morgan fingerprint density at radius 2 is 2.24 bits per heavy atom. The lowest BCUT2D eigenvalue weighted by molar-refractivity contribution is 0.128. The summed E-state index contributed by atoms with van der Waals surface area (Å²) in [5.74, 6) is 0.551. The molecule has 0 amide bonds. The van der Waals surface area contributed by atoms with Gasteiger partial charge in [-0.25, -0.2) is 14.6 Å². The molecule has 0 atom stereocenters. The van der Waals surface area contributed by atoms with Crippen LogP contribution in [0.25, 0.3) is 11.4 Å². The third-order valence-corrected chi connectivity index (χ3v) is 2.35. The summed E-state index contributed by atoms with van der Waals surface area (Å²) in [6.45, 7) is 2.87. The van der Waals surface area contributed by atoms with Gasteiger partial charge in [0.25, 0.3) is 0 Å². The van der Waals surface area contributed by atoms with Crippen molar-refractivity contribution in [1.82, 2.24) is 25.0 Å². The maximum Gasteiger partial charge on any atom is 0.156 e. The van der Waals surface area contributed by atoms with Gasteiger partial charge in [-0.2, -0.15) is 0 Å². The zero-order valence-corrected chi connectivity index (χ0v) is 10.3. The number of aromatic nitrogens is 5. The number of hydrogen-bond acceptors (Lipinski definition) is 5. The highest BCUT2D eigenvalue weighted by molar-refractivity contribution is 6.29. The monoisotopic (exact) mass is 253 g/mol. The largest absolute Gasteiger partial charge is 0.374 e. The van der Waals surface area contributed by atoms with Gasteiger partial charge in [-0.1, -0.05) is 16.8 Å². The number of rotatable bonds is 4. The molecule has 0 aliphatic rings. The Hall–Kier alpha value is -1.53. The van der Waals surface area contributed by atoms with E-state index in [2.05, 4.69) is 20.3 Å². The summed E-state index contributed by atoms with van der Waals surface area (Å²) >= 11 is 5.94. The Kier molecular flexibility index (Phi) is 3.65. The standard InChI is InChI=1S/C10H12ClN5O/c1-3-17-6-10-13-7(4-9(11)14-10)8-5-12-15-16(8)2/h4-5H,3,6H2,1-2H3. The molecule has 0 N–H and O–H groups in total. The fraction of sp³-hybridized carbons (Fsp3) is 0.400. The minimum absolute atomic E-state index is 0.343. The summed E-state index contributed by atoms with van der Waals surface area (Å²) in [6, 6.07) is 1.68. The van der Waals surface area contributed by atoms with Crippen molar-refractivity contribution in [2.75, 3.05) is 6.61 Å². The molecule has 7 heteroatoms. The molecular weight excluding hydrogens is 242 g/mol. The van der Waals surface area contributed by atoms with Crippen LogP contribution in [-0.2, 0) is 18.4 Å². The second kappa shape index (κ2) is 5.20. The van der Waals surface area contributed by atoms with Crippen molar-refractivity contribution in [3.05, 3.63) is 23.2 Å². The van der Waals surface area contributed by atoms with E-state index in [1.54, 1.807) is 24.0 Å².